The number of aliphatic carboxylic acids is 1. The number of aryl methyl sites for hydroxylation is 7. The van der Waals surface area contributed by atoms with Crippen molar-refractivity contribution in [1.29, 1.82) is 0 Å². The number of halogens is 1. The molecule has 5 N–H and O–H groups in total. The van der Waals surface area contributed by atoms with E-state index in [-0.39, 0.29) is 69.6 Å². The molecule has 0 aliphatic rings. The standard InChI is InChI=1S/C22H26N2.C11H14N2O3.C11H16N2O.C11H18N2.C9H8ClNO3.C9H9NO4.CH3.Pd/c1-17-14-20(21-11-4-5-12-22(21)23-17)16-19-9-6-8-18(15-19)10-7-13-24(2)3;1-12(2)11(14)7-6-9-4-3-5-10(8-9)13(15)16;1-13(2)11(14)7-6-9-4-3-5-10(12)8-9;1-13(2)8-4-6-10-5-3-7-11(12)9-10;10-9(12)5-4-7-2-1-3-8(6-7)11(13)14;11-9(12)5-4-7-2-1-3-8(6-7)10(13)14;;/h4-6,8-9,11-12,14-15H,7,10,13,16H2,1-3H3;3-5,8H,6-7H2,1-2H3;3-5,8H,6-7,12H2,1-2H3;3,5,7,9H,4,6,8,12H2,1-2H3;1-3,6H,4-5H2;1-3,6H,4-5H2,(H,11,12);1H3;/q;;;;;;-1;. The first-order chi connectivity index (χ1) is 45.1. The van der Waals surface area contributed by atoms with Crippen molar-refractivity contribution in [2.24, 2.45) is 0 Å². The van der Waals surface area contributed by atoms with Gasteiger partial charge in [0.2, 0.25) is 17.1 Å². The van der Waals surface area contributed by atoms with Crippen molar-refractivity contribution in [3.8, 4) is 0 Å². The van der Waals surface area contributed by atoms with E-state index in [1.165, 1.54) is 81.8 Å². The predicted octanol–water partition coefficient (Wildman–Crippen LogP) is 13.6. The smallest absolute Gasteiger partial charge is 0.303 e. The van der Waals surface area contributed by atoms with Gasteiger partial charge in [-0.2, -0.15) is 0 Å². The summed E-state index contributed by atoms with van der Waals surface area (Å²) in [5, 5.41) is 40.6. The van der Waals surface area contributed by atoms with Crippen molar-refractivity contribution in [2.75, 3.05) is 80.9 Å². The van der Waals surface area contributed by atoms with Crippen LogP contribution in [0.3, 0.4) is 0 Å². The first-order valence-electron chi connectivity index (χ1n) is 31.0. The van der Waals surface area contributed by atoms with E-state index in [1.54, 1.807) is 69.5 Å². The molecule has 0 atom stereocenters. The second-order valence-corrected chi connectivity index (χ2v) is 23.8. The molecule has 21 nitrogen and oxygen atoms in total. The molecule has 23 heteroatoms. The van der Waals surface area contributed by atoms with Gasteiger partial charge in [-0.3, -0.25) is 54.5 Å². The van der Waals surface area contributed by atoms with E-state index in [2.05, 4.69) is 117 Å². The van der Waals surface area contributed by atoms with Gasteiger partial charge < -0.3 is 43.6 Å². The van der Waals surface area contributed by atoms with Crippen molar-refractivity contribution in [1.82, 2.24) is 24.6 Å². The summed E-state index contributed by atoms with van der Waals surface area (Å²) in [5.74, 6) is -0.740. The van der Waals surface area contributed by atoms with Gasteiger partial charge in [0, 0.05) is 133 Å². The van der Waals surface area contributed by atoms with Gasteiger partial charge >= 0.3 is 5.97 Å². The molecule has 0 bridgehead atoms. The molecule has 0 spiro atoms. The minimum absolute atomic E-state index is 0. The fourth-order valence-corrected chi connectivity index (χ4v) is 9.37. The predicted molar refractivity (Wildman–Crippen MR) is 386 cm³/mol. The second-order valence-electron chi connectivity index (χ2n) is 23.3. The van der Waals surface area contributed by atoms with E-state index >= 15 is 0 Å². The summed E-state index contributed by atoms with van der Waals surface area (Å²) in [5.41, 5.74) is 24.0. The van der Waals surface area contributed by atoms with Crippen LogP contribution in [0.2, 0.25) is 0 Å². The van der Waals surface area contributed by atoms with E-state index < -0.39 is 26.0 Å². The number of nitrogens with two attached hydrogens (primary N) is 2. The Morgan fingerprint density at radius 3 is 1.20 bits per heavy atom. The number of carboxylic acid groups (broad SMARTS) is 1. The molecule has 8 aromatic rings. The molecule has 1 aromatic heterocycles. The maximum absolute atomic E-state index is 11.3. The fraction of sp³-hybridized carbons (Fsp3) is 0.324. The number of carbonyl (C=O) groups is 4. The Labute approximate surface area is 589 Å². The third kappa shape index (κ3) is 37.0. The summed E-state index contributed by atoms with van der Waals surface area (Å²) < 4.78 is 0. The molecule has 0 radical (unpaired) electrons. The minimum atomic E-state index is -0.906. The molecule has 1 heterocycles. The van der Waals surface area contributed by atoms with Crippen LogP contribution in [0.25, 0.3) is 10.9 Å². The number of nitro groups is 3. The number of nitro benzene ring substituents is 3. The number of hydrogen-bond acceptors (Lipinski definition) is 15. The van der Waals surface area contributed by atoms with Crippen molar-refractivity contribution < 1.29 is 59.5 Å². The van der Waals surface area contributed by atoms with E-state index in [0.717, 1.165) is 78.0 Å². The topological polar surface area (TPSA) is 296 Å². The molecule has 0 fully saturated rings. The van der Waals surface area contributed by atoms with Crippen LogP contribution in [0.15, 0.2) is 176 Å². The number of anilines is 2. The summed E-state index contributed by atoms with van der Waals surface area (Å²) in [4.78, 5) is 85.5. The Kier molecular flexibility index (Phi) is 41.3. The molecule has 524 valence electrons. The number of aromatic nitrogens is 1. The molecule has 0 saturated carbocycles. The monoisotopic (exact) mass is 1440 g/mol. The van der Waals surface area contributed by atoms with Crippen molar-refractivity contribution in [3.05, 3.63) is 264 Å². The van der Waals surface area contributed by atoms with Crippen LogP contribution in [0.1, 0.15) is 88.7 Å². The number of hydrogen-bond donors (Lipinski definition) is 3. The summed E-state index contributed by atoms with van der Waals surface area (Å²) >= 11 is 5.16. The Morgan fingerprint density at radius 1 is 0.464 bits per heavy atom. The first-order valence-corrected chi connectivity index (χ1v) is 31.4. The van der Waals surface area contributed by atoms with Crippen LogP contribution in [0.5, 0.6) is 0 Å². The van der Waals surface area contributed by atoms with Gasteiger partial charge in [-0.1, -0.05) is 103 Å². The Bertz CT molecular complexity index is 3690. The normalized spacial score (nSPS) is 10.1. The third-order valence-corrected chi connectivity index (χ3v) is 14.4. The Hall–Kier alpha value is -9.30. The average molecular weight is 1440 g/mol. The Balaban J connectivity index is 0.000000589. The zero-order chi connectivity index (χ0) is 70.4. The van der Waals surface area contributed by atoms with Gasteiger partial charge in [-0.05, 0) is 198 Å². The van der Waals surface area contributed by atoms with Gasteiger partial charge in [0.25, 0.3) is 17.1 Å². The molecule has 0 aliphatic heterocycles. The number of para-hydroxylation sites is 1. The van der Waals surface area contributed by atoms with Gasteiger partial charge in [0.1, 0.15) is 0 Å². The average Bonchev–Trinajstić information content (AvgIpc) is 0.843. The summed E-state index contributed by atoms with van der Waals surface area (Å²) in [6.07, 6.45) is 8.73. The van der Waals surface area contributed by atoms with Gasteiger partial charge in [-0.25, -0.2) is 0 Å². The molecule has 7 aromatic carbocycles. The van der Waals surface area contributed by atoms with Gasteiger partial charge in [-0.15, -0.1) is 0 Å². The van der Waals surface area contributed by atoms with E-state index in [1.807, 2.05) is 36.4 Å². The molecular weight excluding hydrogens is 1350 g/mol. The molecule has 2 amide bonds. The molecule has 0 saturated heterocycles. The van der Waals surface area contributed by atoms with Crippen LogP contribution in [-0.4, -0.2) is 137 Å². The van der Waals surface area contributed by atoms with Crippen molar-refractivity contribution in [2.45, 2.75) is 90.4 Å². The number of carboxylic acids is 1. The fourth-order valence-electron chi connectivity index (χ4n) is 9.27. The third-order valence-electron chi connectivity index (χ3n) is 14.2. The maximum Gasteiger partial charge on any atom is 0.303 e. The molecule has 0 unspecified atom stereocenters. The van der Waals surface area contributed by atoms with Crippen LogP contribution >= 0.6 is 11.6 Å². The van der Waals surface area contributed by atoms with E-state index in [0.29, 0.717) is 37.7 Å². The van der Waals surface area contributed by atoms with Gasteiger partial charge in [0.05, 0.1) is 20.3 Å². The van der Waals surface area contributed by atoms with Crippen LogP contribution < -0.4 is 11.5 Å². The second kappa shape index (κ2) is 46.8. The number of benzene rings is 7. The van der Waals surface area contributed by atoms with Gasteiger partial charge in [0.15, 0.2) is 0 Å². The summed E-state index contributed by atoms with van der Waals surface area (Å²) in [6, 6.07) is 54.0. The first kappa shape index (κ1) is 85.7. The van der Waals surface area contributed by atoms with E-state index in [4.69, 9.17) is 28.2 Å². The number of rotatable bonds is 25. The van der Waals surface area contributed by atoms with Crippen molar-refractivity contribution >= 4 is 74.0 Å². The molecular formula is C74H94ClN10O11Pd-. The SMILES string of the molecule is CN(C)C(=O)CCc1cccc(N)c1.CN(C)C(=O)CCc1cccc([N+](=O)[O-])c1.CN(C)CCCc1cccc(N)c1.Cc1cc(Cc2cccc(CCCN(C)C)c2)c2ccccc2n1.O=C(Cl)CCc1cccc([N+](=O)[O-])c1.O=C(O)CCc1cccc([N+](=O)[O-])c1.[CH3-].[Pd]. The number of nitrogen functional groups attached to an aromatic ring is 2. The minimum Gasteiger partial charge on any atom is -0.481 e. The largest absolute Gasteiger partial charge is 0.481 e. The zero-order valence-corrected chi connectivity index (χ0v) is 59.6. The van der Waals surface area contributed by atoms with Crippen LogP contribution in [0.4, 0.5) is 28.4 Å². The number of fused-ring (bicyclic) bond motifs is 1. The molecule has 97 heavy (non-hydrogen) atoms. The van der Waals surface area contributed by atoms with Crippen LogP contribution in [0, 0.1) is 44.7 Å². The Morgan fingerprint density at radius 2 is 0.814 bits per heavy atom. The summed E-state index contributed by atoms with van der Waals surface area (Å²) in [6.45, 7) is 4.35. The zero-order valence-electron chi connectivity index (χ0n) is 57.3. The van der Waals surface area contributed by atoms with Crippen LogP contribution in [-0.2, 0) is 84.5 Å². The maximum atomic E-state index is 11.3. The quantitative estimate of drug-likeness (QED) is 0.0120. The number of pyridine rings is 1. The number of nitrogens with zero attached hydrogens (tertiary/aromatic N) is 8. The number of non-ortho nitro benzene ring substituents is 3. The summed E-state index contributed by atoms with van der Waals surface area (Å²) in [7, 11) is 15.4. The van der Waals surface area contributed by atoms with E-state index in [9.17, 15) is 49.5 Å². The molecule has 8 rings (SSSR count). The molecule has 0 aliphatic carbocycles. The van der Waals surface area contributed by atoms with Crippen molar-refractivity contribution in [3.63, 3.8) is 0 Å². The number of amides is 2. The number of carbonyl (C=O) groups excluding carboxylic acids is 3.